The molecule has 0 spiro atoms. The van der Waals surface area contributed by atoms with Crippen molar-refractivity contribution in [1.82, 2.24) is 4.98 Å². The summed E-state index contributed by atoms with van der Waals surface area (Å²) in [5.74, 6) is -1.98. The molecule has 0 saturated carbocycles. The summed E-state index contributed by atoms with van der Waals surface area (Å²) in [6.07, 6.45) is 0.573. The van der Waals surface area contributed by atoms with Gasteiger partial charge in [0.1, 0.15) is 17.7 Å². The first kappa shape index (κ1) is 16.3. The van der Waals surface area contributed by atoms with Crippen LogP contribution >= 0.6 is 0 Å². The average Bonchev–Trinajstić information content (AvgIpc) is 2.59. The normalized spacial score (nSPS) is 16.2. The Labute approximate surface area is 136 Å². The van der Waals surface area contributed by atoms with E-state index in [-0.39, 0.29) is 23.7 Å². The summed E-state index contributed by atoms with van der Waals surface area (Å²) in [7, 11) is 1.21. The summed E-state index contributed by atoms with van der Waals surface area (Å²) in [6.45, 7) is -0.191. The number of methoxy groups -OCH3 is 1. The second-order valence-electron chi connectivity index (χ2n) is 5.42. The number of pyridine rings is 1. The van der Waals surface area contributed by atoms with Gasteiger partial charge in [-0.3, -0.25) is 0 Å². The molecule has 2 aromatic rings. The summed E-state index contributed by atoms with van der Waals surface area (Å²) >= 11 is 0. The predicted molar refractivity (Wildman–Crippen MR) is 80.8 cm³/mol. The number of fused-ring (bicyclic) bond motifs is 1. The molecule has 0 bridgehead atoms. The van der Waals surface area contributed by atoms with Crippen LogP contribution in [-0.4, -0.2) is 35.9 Å². The van der Waals surface area contributed by atoms with Crippen molar-refractivity contribution in [2.45, 2.75) is 18.9 Å². The van der Waals surface area contributed by atoms with Crippen LogP contribution in [0, 0.1) is 11.6 Å². The second kappa shape index (κ2) is 6.52. The molecule has 1 aromatic heterocycles. The van der Waals surface area contributed by atoms with Gasteiger partial charge >= 0.3 is 5.97 Å². The molecular weight excluding hydrogens is 320 g/mol. The Balaban J connectivity index is 2.18. The molecule has 7 heteroatoms. The number of aromatic nitrogens is 1. The van der Waals surface area contributed by atoms with Crippen LogP contribution < -0.4 is 4.74 Å². The van der Waals surface area contributed by atoms with Crippen molar-refractivity contribution in [2.24, 2.45) is 0 Å². The number of carbonyl (C=O) groups is 1. The number of carbonyl (C=O) groups excluding carboxylic acids is 1. The topological polar surface area (TPSA) is 68.7 Å². The van der Waals surface area contributed by atoms with Crippen molar-refractivity contribution in [1.29, 1.82) is 0 Å². The van der Waals surface area contributed by atoms with Gasteiger partial charge in [0.15, 0.2) is 5.69 Å². The number of hydrogen-bond donors (Lipinski definition) is 1. The lowest BCUT2D eigenvalue weighted by molar-refractivity contribution is 0.0587. The van der Waals surface area contributed by atoms with Crippen molar-refractivity contribution in [3.8, 4) is 17.0 Å². The number of nitrogens with zero attached hydrogens (tertiary/aromatic N) is 1. The number of rotatable bonds is 3. The zero-order chi connectivity index (χ0) is 17.3. The van der Waals surface area contributed by atoms with Crippen LogP contribution in [0.25, 0.3) is 11.1 Å². The highest BCUT2D eigenvalue weighted by Gasteiger charge is 2.27. The van der Waals surface area contributed by atoms with Crippen LogP contribution in [0.3, 0.4) is 0 Å². The van der Waals surface area contributed by atoms with E-state index in [2.05, 4.69) is 9.72 Å². The van der Waals surface area contributed by atoms with E-state index in [0.717, 1.165) is 12.1 Å². The van der Waals surface area contributed by atoms with Gasteiger partial charge in [-0.2, -0.15) is 0 Å². The maximum absolute atomic E-state index is 14.2. The van der Waals surface area contributed by atoms with Gasteiger partial charge in [-0.25, -0.2) is 18.6 Å². The summed E-state index contributed by atoms with van der Waals surface area (Å²) in [4.78, 5) is 15.9. The third kappa shape index (κ3) is 2.94. The highest BCUT2D eigenvalue weighted by atomic mass is 19.1. The Kier molecular flexibility index (Phi) is 4.44. The molecule has 5 nitrogen and oxygen atoms in total. The molecule has 1 aliphatic rings. The Morgan fingerprint density at radius 2 is 2.17 bits per heavy atom. The molecule has 1 aromatic carbocycles. The summed E-state index contributed by atoms with van der Waals surface area (Å²) in [6, 6.07) is 4.63. The van der Waals surface area contributed by atoms with E-state index < -0.39 is 23.7 Å². The van der Waals surface area contributed by atoms with Crippen LogP contribution in [0.5, 0.6) is 5.88 Å². The molecule has 0 amide bonds. The lowest BCUT2D eigenvalue weighted by atomic mass is 9.94. The molecule has 0 radical (unpaired) electrons. The highest BCUT2D eigenvalue weighted by molar-refractivity contribution is 5.90. The molecule has 0 aliphatic carbocycles. The average molecular weight is 335 g/mol. The van der Waals surface area contributed by atoms with Crippen molar-refractivity contribution < 1.29 is 28.2 Å². The summed E-state index contributed by atoms with van der Waals surface area (Å²) < 4.78 is 37.6. The van der Waals surface area contributed by atoms with E-state index in [9.17, 15) is 18.7 Å². The Bertz CT molecular complexity index is 794. The summed E-state index contributed by atoms with van der Waals surface area (Å²) in [5, 5.41) is 9.26. The minimum absolute atomic E-state index is 0.0476. The highest BCUT2D eigenvalue weighted by Crippen LogP contribution is 2.36. The quantitative estimate of drug-likeness (QED) is 0.873. The monoisotopic (exact) mass is 335 g/mol. The van der Waals surface area contributed by atoms with E-state index in [1.54, 1.807) is 0 Å². The molecule has 126 valence electrons. The van der Waals surface area contributed by atoms with Crippen molar-refractivity contribution >= 4 is 5.97 Å². The van der Waals surface area contributed by atoms with Crippen LogP contribution in [0.2, 0.25) is 0 Å². The van der Waals surface area contributed by atoms with Gasteiger partial charge in [0.25, 0.3) is 0 Å². The zero-order valence-corrected chi connectivity index (χ0v) is 12.9. The van der Waals surface area contributed by atoms with Gasteiger partial charge in [-0.05, 0) is 36.6 Å². The fraction of sp³-hybridized carbons (Fsp3) is 0.294. The third-order valence-corrected chi connectivity index (χ3v) is 3.90. The standard InChI is InChI=1S/C17H15F2NO4/c1-23-17(22)15-7-13(11-4-2-9(18)6-14(11)19)12-5-3-10(8-21)24-16(12)20-15/h2,4,6-7,10,21H,3,5,8H2,1H3/t10-/m1/s1. The first-order chi connectivity index (χ1) is 11.5. The van der Waals surface area contributed by atoms with Gasteiger partial charge in [-0.1, -0.05) is 0 Å². The lowest BCUT2D eigenvalue weighted by Crippen LogP contribution is -2.27. The minimum Gasteiger partial charge on any atom is -0.472 e. The van der Waals surface area contributed by atoms with E-state index in [1.165, 1.54) is 19.2 Å². The molecule has 2 heterocycles. The molecule has 1 N–H and O–H groups in total. The third-order valence-electron chi connectivity index (χ3n) is 3.90. The molecule has 24 heavy (non-hydrogen) atoms. The Morgan fingerprint density at radius 1 is 1.38 bits per heavy atom. The first-order valence-corrected chi connectivity index (χ1v) is 7.38. The van der Waals surface area contributed by atoms with Gasteiger partial charge < -0.3 is 14.6 Å². The number of aliphatic hydroxyl groups is 1. The predicted octanol–water partition coefficient (Wildman–Crippen LogP) is 2.50. The van der Waals surface area contributed by atoms with Crippen molar-refractivity contribution in [3.05, 3.63) is 47.2 Å². The smallest absolute Gasteiger partial charge is 0.356 e. The number of halogens is 2. The number of ether oxygens (including phenoxy) is 2. The largest absolute Gasteiger partial charge is 0.472 e. The van der Waals surface area contributed by atoms with Crippen molar-refractivity contribution in [2.75, 3.05) is 13.7 Å². The van der Waals surface area contributed by atoms with E-state index in [4.69, 9.17) is 4.74 Å². The second-order valence-corrected chi connectivity index (χ2v) is 5.42. The van der Waals surface area contributed by atoms with Gasteiger partial charge in [-0.15, -0.1) is 0 Å². The van der Waals surface area contributed by atoms with Gasteiger partial charge in [0, 0.05) is 17.2 Å². The lowest BCUT2D eigenvalue weighted by Gasteiger charge is -2.26. The molecule has 1 aliphatic heterocycles. The Morgan fingerprint density at radius 3 is 2.83 bits per heavy atom. The molecule has 3 rings (SSSR count). The van der Waals surface area contributed by atoms with Gasteiger partial charge in [0.2, 0.25) is 5.88 Å². The summed E-state index contributed by atoms with van der Waals surface area (Å²) in [5.41, 5.74) is 1.10. The molecule has 1 atom stereocenters. The number of aliphatic hydroxyl groups excluding tert-OH is 1. The fourth-order valence-electron chi connectivity index (χ4n) is 2.70. The molecular formula is C17H15F2NO4. The fourth-order valence-corrected chi connectivity index (χ4v) is 2.70. The SMILES string of the molecule is COC(=O)c1cc(-c2ccc(F)cc2F)c2c(n1)O[C@@H](CO)CC2. The first-order valence-electron chi connectivity index (χ1n) is 7.38. The number of benzene rings is 1. The Hall–Kier alpha value is -2.54. The van der Waals surface area contributed by atoms with E-state index >= 15 is 0 Å². The van der Waals surface area contributed by atoms with E-state index in [0.29, 0.717) is 24.0 Å². The molecule has 0 fully saturated rings. The number of esters is 1. The van der Waals surface area contributed by atoms with Crippen LogP contribution in [0.4, 0.5) is 8.78 Å². The van der Waals surface area contributed by atoms with Crippen LogP contribution in [0.15, 0.2) is 24.3 Å². The zero-order valence-electron chi connectivity index (χ0n) is 12.9. The van der Waals surface area contributed by atoms with Crippen LogP contribution in [-0.2, 0) is 11.2 Å². The molecule has 0 saturated heterocycles. The van der Waals surface area contributed by atoms with Crippen LogP contribution in [0.1, 0.15) is 22.5 Å². The number of hydrogen-bond acceptors (Lipinski definition) is 5. The minimum atomic E-state index is -0.747. The molecule has 0 unspecified atom stereocenters. The maximum Gasteiger partial charge on any atom is 0.356 e. The van der Waals surface area contributed by atoms with E-state index in [1.807, 2.05) is 0 Å². The maximum atomic E-state index is 14.2. The van der Waals surface area contributed by atoms with Gasteiger partial charge in [0.05, 0.1) is 13.7 Å². The van der Waals surface area contributed by atoms with Crippen molar-refractivity contribution in [3.63, 3.8) is 0 Å².